The Hall–Kier alpha value is -3.79. The number of amides is 2. The number of aliphatic hydroxyl groups is 1. The van der Waals surface area contributed by atoms with Crippen molar-refractivity contribution in [2.45, 2.75) is 70.0 Å². The number of ether oxygens (including phenoxy) is 1. The summed E-state index contributed by atoms with van der Waals surface area (Å²) in [5, 5.41) is 13.7. The van der Waals surface area contributed by atoms with Gasteiger partial charge in [-0.2, -0.15) is 0 Å². The van der Waals surface area contributed by atoms with E-state index in [9.17, 15) is 14.7 Å². The van der Waals surface area contributed by atoms with Crippen LogP contribution >= 0.6 is 0 Å². The van der Waals surface area contributed by atoms with Crippen molar-refractivity contribution in [3.8, 4) is 0 Å². The second-order valence-electron chi connectivity index (χ2n) is 12.7. The maximum Gasteiger partial charge on any atom is 0.246 e. The Morgan fingerprint density at radius 1 is 0.978 bits per heavy atom. The summed E-state index contributed by atoms with van der Waals surface area (Å²) in [4.78, 5) is 31.0. The molecule has 0 aliphatic carbocycles. The topological polar surface area (TPSA) is 94.7 Å². The van der Waals surface area contributed by atoms with Crippen LogP contribution in [0.25, 0.3) is 10.9 Å². The number of carbonyl (C=O) groups excluding carboxylic acids is 2. The van der Waals surface area contributed by atoms with Gasteiger partial charge >= 0.3 is 0 Å². The average Bonchev–Trinajstić information content (AvgIpc) is 3.56. The molecule has 45 heavy (non-hydrogen) atoms. The molecule has 1 aromatic heterocycles. The van der Waals surface area contributed by atoms with Crippen LogP contribution in [0.1, 0.15) is 36.5 Å². The third-order valence-electron chi connectivity index (χ3n) is 8.99. The predicted molar refractivity (Wildman–Crippen MR) is 179 cm³/mol. The van der Waals surface area contributed by atoms with Crippen molar-refractivity contribution in [3.05, 3.63) is 102 Å². The largest absolute Gasteiger partial charge is 0.395 e. The number of benzene rings is 3. The van der Waals surface area contributed by atoms with E-state index in [1.165, 1.54) is 0 Å². The number of hydrogen-bond donors (Lipinski definition) is 3. The van der Waals surface area contributed by atoms with Crippen LogP contribution in [0.2, 0.25) is 18.6 Å². The molecule has 1 aliphatic heterocycles. The van der Waals surface area contributed by atoms with Crippen LogP contribution in [0, 0.1) is 5.92 Å². The number of nitrogens with zero attached hydrogens (tertiary/aromatic N) is 1. The molecule has 4 aromatic rings. The van der Waals surface area contributed by atoms with E-state index in [4.69, 9.17) is 4.74 Å². The van der Waals surface area contributed by atoms with Gasteiger partial charge in [0.1, 0.15) is 0 Å². The molecule has 9 heteroatoms. The third kappa shape index (κ3) is 8.28. The quantitative estimate of drug-likeness (QED) is 0.114. The molecule has 1 saturated heterocycles. The number of para-hydroxylation sites is 1. The maximum atomic E-state index is 15.7. The van der Waals surface area contributed by atoms with E-state index < -0.39 is 14.5 Å². The molecule has 7 nitrogen and oxygen atoms in total. The highest BCUT2D eigenvalue weighted by molar-refractivity contribution is 6.72. The maximum absolute atomic E-state index is 15.7. The highest BCUT2D eigenvalue weighted by atomic mass is 28.4. The molecule has 238 valence electrons. The zero-order chi connectivity index (χ0) is 32.0. The zero-order valence-corrected chi connectivity index (χ0v) is 27.3. The first-order valence-electron chi connectivity index (χ1n) is 15.8. The summed E-state index contributed by atoms with van der Waals surface area (Å²) >= 11 is 0. The molecule has 4 atom stereocenters. The Kier molecular flexibility index (Phi) is 10.5. The first-order chi connectivity index (χ1) is 21.6. The van der Waals surface area contributed by atoms with Gasteiger partial charge in [0.2, 0.25) is 20.2 Å². The van der Waals surface area contributed by atoms with Crippen molar-refractivity contribution in [2.75, 3.05) is 18.5 Å². The fourth-order valence-corrected chi connectivity index (χ4v) is 9.36. The molecule has 5 rings (SSSR count). The van der Waals surface area contributed by atoms with E-state index in [2.05, 4.69) is 17.2 Å². The molecular weight excluding hydrogens is 585 g/mol. The SMILES string of the molecule is C[C@@H]1[C@@H]([Si](C)(C)F)[C@H](CC(=O)N(CCO)Cc2ccccc2)O[C@@H]1CCc1ccc(NC(=O)Cc2c[nH]c3ccccc23)cc1. The van der Waals surface area contributed by atoms with Crippen molar-refractivity contribution in [3.63, 3.8) is 0 Å². The van der Waals surface area contributed by atoms with E-state index in [1.807, 2.05) is 85.1 Å². The number of aromatic nitrogens is 1. The third-order valence-corrected chi connectivity index (χ3v) is 11.5. The smallest absolute Gasteiger partial charge is 0.246 e. The minimum absolute atomic E-state index is 0.0158. The van der Waals surface area contributed by atoms with Gasteiger partial charge in [0.25, 0.3) is 0 Å². The fraction of sp³-hybridized carbons (Fsp3) is 0.389. The summed E-state index contributed by atoms with van der Waals surface area (Å²) in [7, 11) is -3.14. The zero-order valence-electron chi connectivity index (χ0n) is 26.3. The predicted octanol–water partition coefficient (Wildman–Crippen LogP) is 6.64. The molecule has 0 radical (unpaired) electrons. The van der Waals surface area contributed by atoms with Gasteiger partial charge in [0.05, 0.1) is 31.7 Å². The Morgan fingerprint density at radius 2 is 1.69 bits per heavy atom. The molecule has 0 bridgehead atoms. The molecule has 1 aliphatic rings. The highest BCUT2D eigenvalue weighted by Crippen LogP contribution is 2.47. The van der Waals surface area contributed by atoms with Crippen LogP contribution in [0.15, 0.2) is 85.1 Å². The van der Waals surface area contributed by atoms with E-state index in [0.29, 0.717) is 13.0 Å². The van der Waals surface area contributed by atoms with Gasteiger partial charge < -0.3 is 29.2 Å². The molecule has 3 aromatic carbocycles. The van der Waals surface area contributed by atoms with E-state index >= 15 is 4.11 Å². The van der Waals surface area contributed by atoms with E-state index in [-0.39, 0.29) is 55.4 Å². The number of halogens is 1. The highest BCUT2D eigenvalue weighted by Gasteiger charge is 2.51. The Labute approximate surface area is 266 Å². The standard InChI is InChI=1S/C36H44FN3O4Si/c1-25-32(44-33(36(25)45(2,3)37)22-35(43)40(19-20-41)24-27-9-5-4-6-10-27)18-15-26-13-16-29(17-14-26)39-34(42)21-28-23-38-31-12-8-7-11-30(28)31/h4-14,16-17,23,25,32-33,36,38,41H,15,18-22,24H2,1-3H3,(H,39,42)/t25-,32+,33-,36+/m0/s1. The van der Waals surface area contributed by atoms with Crippen LogP contribution in [0.3, 0.4) is 0 Å². The molecule has 3 N–H and O–H groups in total. The number of anilines is 1. The van der Waals surface area contributed by atoms with Crippen LogP contribution in [0.5, 0.6) is 0 Å². The number of aliphatic hydroxyl groups excluding tert-OH is 1. The monoisotopic (exact) mass is 629 g/mol. The summed E-state index contributed by atoms with van der Waals surface area (Å²) in [5.74, 6) is -0.221. The minimum Gasteiger partial charge on any atom is -0.395 e. The summed E-state index contributed by atoms with van der Waals surface area (Å²) in [5.41, 5.74) is 4.49. The fourth-order valence-electron chi connectivity index (χ4n) is 6.81. The van der Waals surface area contributed by atoms with Crippen molar-refractivity contribution in [1.29, 1.82) is 0 Å². The first kappa shape index (κ1) is 32.6. The van der Waals surface area contributed by atoms with Gasteiger partial charge in [-0.1, -0.05) is 67.6 Å². The number of H-pyrrole nitrogens is 1. The number of carbonyl (C=O) groups is 2. The first-order valence-corrected chi connectivity index (χ1v) is 18.8. The van der Waals surface area contributed by atoms with Gasteiger partial charge in [-0.05, 0) is 66.7 Å². The molecule has 0 saturated carbocycles. The lowest BCUT2D eigenvalue weighted by Crippen LogP contribution is -2.40. The number of rotatable bonds is 13. The van der Waals surface area contributed by atoms with Crippen molar-refractivity contribution in [2.24, 2.45) is 5.92 Å². The molecule has 2 amide bonds. The van der Waals surface area contributed by atoms with Gasteiger partial charge in [0.15, 0.2) is 0 Å². The number of hydrogen-bond acceptors (Lipinski definition) is 4. The molecule has 0 unspecified atom stereocenters. The number of aryl methyl sites for hydroxylation is 1. The van der Waals surface area contributed by atoms with Crippen LogP contribution < -0.4 is 5.32 Å². The molecule has 1 fully saturated rings. The normalized spacial score (nSPS) is 19.9. The average molecular weight is 630 g/mol. The molecule has 0 spiro atoms. The van der Waals surface area contributed by atoms with Crippen LogP contribution in [0.4, 0.5) is 9.80 Å². The van der Waals surface area contributed by atoms with Crippen molar-refractivity contribution < 1.29 is 23.5 Å². The van der Waals surface area contributed by atoms with E-state index in [1.54, 1.807) is 18.0 Å². The van der Waals surface area contributed by atoms with Crippen molar-refractivity contribution in [1.82, 2.24) is 9.88 Å². The lowest BCUT2D eigenvalue weighted by Gasteiger charge is -2.30. The summed E-state index contributed by atoms with van der Waals surface area (Å²) in [6, 6.07) is 25.4. The van der Waals surface area contributed by atoms with Gasteiger partial charge in [0, 0.05) is 41.4 Å². The number of aromatic amines is 1. The number of fused-ring (bicyclic) bond motifs is 1. The van der Waals surface area contributed by atoms with Crippen LogP contribution in [-0.2, 0) is 33.7 Å². The van der Waals surface area contributed by atoms with Gasteiger partial charge in [-0.25, -0.2) is 0 Å². The second kappa shape index (κ2) is 14.5. The Morgan fingerprint density at radius 3 is 2.40 bits per heavy atom. The lowest BCUT2D eigenvalue weighted by atomic mass is 9.95. The van der Waals surface area contributed by atoms with Gasteiger partial charge in [-0.3, -0.25) is 9.59 Å². The molecule has 2 heterocycles. The summed E-state index contributed by atoms with van der Waals surface area (Å²) < 4.78 is 22.1. The summed E-state index contributed by atoms with van der Waals surface area (Å²) in [6.45, 7) is 5.95. The lowest BCUT2D eigenvalue weighted by molar-refractivity contribution is -0.135. The summed E-state index contributed by atoms with van der Waals surface area (Å²) in [6.07, 6.45) is 3.07. The Bertz CT molecular complexity index is 1570. The minimum atomic E-state index is -3.14. The second-order valence-corrected chi connectivity index (χ2v) is 16.5. The van der Waals surface area contributed by atoms with Crippen molar-refractivity contribution >= 4 is 36.8 Å². The van der Waals surface area contributed by atoms with Gasteiger partial charge in [-0.15, -0.1) is 0 Å². The van der Waals surface area contributed by atoms with Crippen LogP contribution in [-0.4, -0.2) is 60.6 Å². The Balaban J connectivity index is 1.17. The molecular formula is C36H44FN3O4Si. The number of nitrogens with one attached hydrogen (secondary N) is 2. The van der Waals surface area contributed by atoms with E-state index in [0.717, 1.165) is 39.7 Å².